The number of carboxylic acids is 1. The van der Waals surface area contributed by atoms with Crippen LogP contribution in [0.4, 0.5) is 4.39 Å². The van der Waals surface area contributed by atoms with Crippen molar-refractivity contribution < 1.29 is 27.4 Å². The van der Waals surface area contributed by atoms with Gasteiger partial charge in [0.1, 0.15) is 4.90 Å². The molecule has 9 heteroatoms. The largest absolute Gasteiger partial charge is 0.478 e. The van der Waals surface area contributed by atoms with Crippen molar-refractivity contribution in [2.24, 2.45) is 0 Å². The summed E-state index contributed by atoms with van der Waals surface area (Å²) in [5.74, 6) is -2.85. The van der Waals surface area contributed by atoms with Crippen LogP contribution < -0.4 is 4.72 Å². The number of ether oxygens (including phenoxy) is 1. The molecule has 0 bridgehead atoms. The molecule has 0 aliphatic rings. The molecule has 0 amide bonds. The zero-order valence-corrected chi connectivity index (χ0v) is 13.8. The zero-order chi connectivity index (χ0) is 16.2. The Balaban J connectivity index is 3.11. The van der Waals surface area contributed by atoms with Crippen molar-refractivity contribution in [3.05, 3.63) is 28.0 Å². The van der Waals surface area contributed by atoms with E-state index in [1.54, 1.807) is 13.8 Å². The Hall–Kier alpha value is -1.03. The van der Waals surface area contributed by atoms with Crippen LogP contribution in [-0.4, -0.2) is 38.7 Å². The third-order valence-electron chi connectivity index (χ3n) is 2.54. The number of carboxylic acid groups (broad SMARTS) is 1. The smallest absolute Gasteiger partial charge is 0.338 e. The predicted octanol–water partition coefficient (Wildman–Crippen LogP) is 1.99. The fourth-order valence-corrected chi connectivity index (χ4v) is 3.41. The van der Waals surface area contributed by atoms with Crippen LogP contribution in [-0.2, 0) is 14.8 Å². The van der Waals surface area contributed by atoms with E-state index >= 15 is 0 Å². The number of benzene rings is 1. The molecule has 0 fully saturated rings. The van der Waals surface area contributed by atoms with Crippen LogP contribution in [0.25, 0.3) is 0 Å². The Bertz CT molecular complexity index is 635. The number of aromatic carboxylic acids is 1. The van der Waals surface area contributed by atoms with Gasteiger partial charge < -0.3 is 9.84 Å². The zero-order valence-electron chi connectivity index (χ0n) is 11.4. The second-order valence-corrected chi connectivity index (χ2v) is 6.84. The van der Waals surface area contributed by atoms with Gasteiger partial charge in [-0.3, -0.25) is 0 Å². The third-order valence-corrected chi connectivity index (χ3v) is 4.42. The van der Waals surface area contributed by atoms with Crippen molar-refractivity contribution >= 4 is 31.9 Å². The van der Waals surface area contributed by atoms with Gasteiger partial charge in [-0.2, -0.15) is 0 Å². The Labute approximate surface area is 130 Å². The van der Waals surface area contributed by atoms with Crippen molar-refractivity contribution in [1.29, 1.82) is 0 Å². The van der Waals surface area contributed by atoms with Crippen molar-refractivity contribution in [1.82, 2.24) is 4.72 Å². The third kappa shape index (κ3) is 4.73. The summed E-state index contributed by atoms with van der Waals surface area (Å²) in [7, 11) is -4.18. The van der Waals surface area contributed by atoms with Gasteiger partial charge in [-0.1, -0.05) is 15.9 Å². The number of hydrogen-bond acceptors (Lipinski definition) is 4. The normalized spacial score (nSPS) is 13.1. The molecule has 1 aromatic rings. The highest BCUT2D eigenvalue weighted by Gasteiger charge is 2.25. The molecule has 1 unspecified atom stereocenters. The van der Waals surface area contributed by atoms with E-state index in [0.717, 1.165) is 12.1 Å². The average Bonchev–Trinajstić information content (AvgIpc) is 2.39. The summed E-state index contributed by atoms with van der Waals surface area (Å²) in [6.07, 6.45) is -0.390. The van der Waals surface area contributed by atoms with Gasteiger partial charge in [0.25, 0.3) is 0 Å². The Kier molecular flexibility index (Phi) is 6.26. The molecule has 2 N–H and O–H groups in total. The molecule has 21 heavy (non-hydrogen) atoms. The molecular formula is C12H15BrFNO5S. The topological polar surface area (TPSA) is 92.7 Å². The summed E-state index contributed by atoms with van der Waals surface area (Å²) in [5, 5.41) is 8.87. The van der Waals surface area contributed by atoms with Crippen LogP contribution in [0.5, 0.6) is 0 Å². The van der Waals surface area contributed by atoms with Gasteiger partial charge in [-0.25, -0.2) is 22.3 Å². The lowest BCUT2D eigenvalue weighted by molar-refractivity contribution is 0.0690. The molecule has 1 atom stereocenters. The second kappa shape index (κ2) is 7.30. The molecule has 1 rings (SSSR count). The van der Waals surface area contributed by atoms with Crippen LogP contribution >= 0.6 is 15.9 Å². The summed E-state index contributed by atoms with van der Waals surface area (Å²) >= 11 is 2.97. The van der Waals surface area contributed by atoms with E-state index in [1.807, 2.05) is 0 Å². The number of sulfonamides is 1. The Morgan fingerprint density at radius 1 is 1.52 bits per heavy atom. The fourth-order valence-electron chi connectivity index (χ4n) is 1.56. The van der Waals surface area contributed by atoms with Gasteiger partial charge in [-0.15, -0.1) is 0 Å². The molecule has 0 radical (unpaired) electrons. The minimum atomic E-state index is -4.18. The summed E-state index contributed by atoms with van der Waals surface area (Å²) in [6.45, 7) is 3.78. The molecule has 0 saturated carbocycles. The monoisotopic (exact) mass is 383 g/mol. The summed E-state index contributed by atoms with van der Waals surface area (Å²) in [6, 6.07) is 2.01. The van der Waals surface area contributed by atoms with Gasteiger partial charge in [0.2, 0.25) is 10.0 Å². The van der Waals surface area contributed by atoms with Crippen molar-refractivity contribution in [3.63, 3.8) is 0 Å². The summed E-state index contributed by atoms with van der Waals surface area (Å²) < 4.78 is 45.7. The molecule has 0 saturated heterocycles. The number of rotatable bonds is 7. The van der Waals surface area contributed by atoms with E-state index in [0.29, 0.717) is 6.61 Å². The van der Waals surface area contributed by atoms with Crippen LogP contribution in [0.15, 0.2) is 21.5 Å². The molecule has 1 aromatic carbocycles. The van der Waals surface area contributed by atoms with Crippen molar-refractivity contribution in [2.75, 3.05) is 13.2 Å². The lowest BCUT2D eigenvalue weighted by Gasteiger charge is -2.14. The second-order valence-electron chi connectivity index (χ2n) is 4.19. The van der Waals surface area contributed by atoms with Gasteiger partial charge in [0.05, 0.1) is 11.7 Å². The Morgan fingerprint density at radius 2 is 2.14 bits per heavy atom. The van der Waals surface area contributed by atoms with Gasteiger partial charge >= 0.3 is 5.97 Å². The first kappa shape index (κ1) is 18.0. The maximum Gasteiger partial charge on any atom is 0.338 e. The van der Waals surface area contributed by atoms with Gasteiger partial charge in [0.15, 0.2) is 5.82 Å². The molecule has 6 nitrogen and oxygen atoms in total. The van der Waals surface area contributed by atoms with Crippen molar-refractivity contribution in [2.45, 2.75) is 24.8 Å². The number of carbonyl (C=O) groups is 1. The SMILES string of the molecule is CCOC(C)CNS(=O)(=O)c1cc(Br)cc(C(=O)O)c1F. The quantitative estimate of drug-likeness (QED) is 0.750. The molecule has 0 aliphatic carbocycles. The van der Waals surface area contributed by atoms with E-state index in [-0.39, 0.29) is 17.1 Å². The number of nitrogens with one attached hydrogen (secondary N) is 1. The van der Waals surface area contributed by atoms with E-state index in [1.165, 1.54) is 0 Å². The lowest BCUT2D eigenvalue weighted by atomic mass is 10.2. The standard InChI is InChI=1S/C12H15BrFNO5S/c1-3-20-7(2)6-15-21(18,19)10-5-8(13)4-9(11(10)14)12(16)17/h4-5,7,15H,3,6H2,1-2H3,(H,16,17). The van der Waals surface area contributed by atoms with Crippen molar-refractivity contribution in [3.8, 4) is 0 Å². The molecule has 118 valence electrons. The number of halogens is 2. The van der Waals surface area contributed by atoms with Crippen LogP contribution in [0, 0.1) is 5.82 Å². The Morgan fingerprint density at radius 3 is 2.67 bits per heavy atom. The van der Waals surface area contributed by atoms with E-state index in [4.69, 9.17) is 9.84 Å². The highest BCUT2D eigenvalue weighted by molar-refractivity contribution is 9.10. The van der Waals surface area contributed by atoms with Crippen LogP contribution in [0.3, 0.4) is 0 Å². The van der Waals surface area contributed by atoms with Gasteiger partial charge in [0, 0.05) is 17.6 Å². The molecular weight excluding hydrogens is 369 g/mol. The lowest BCUT2D eigenvalue weighted by Crippen LogP contribution is -2.33. The molecule has 0 aromatic heterocycles. The fraction of sp³-hybridized carbons (Fsp3) is 0.417. The van der Waals surface area contributed by atoms with E-state index in [2.05, 4.69) is 20.7 Å². The number of hydrogen-bond donors (Lipinski definition) is 2. The van der Waals surface area contributed by atoms with Crippen LogP contribution in [0.2, 0.25) is 0 Å². The maximum absolute atomic E-state index is 14.0. The first-order valence-electron chi connectivity index (χ1n) is 6.02. The molecule has 0 aliphatic heterocycles. The van der Waals surface area contributed by atoms with E-state index < -0.39 is 32.3 Å². The molecule has 0 heterocycles. The minimum Gasteiger partial charge on any atom is -0.478 e. The average molecular weight is 384 g/mol. The highest BCUT2D eigenvalue weighted by atomic mass is 79.9. The summed E-state index contributed by atoms with van der Waals surface area (Å²) in [5.41, 5.74) is -0.720. The highest BCUT2D eigenvalue weighted by Crippen LogP contribution is 2.24. The van der Waals surface area contributed by atoms with Crippen LogP contribution in [0.1, 0.15) is 24.2 Å². The molecule has 0 spiro atoms. The predicted molar refractivity (Wildman–Crippen MR) is 77.3 cm³/mol. The maximum atomic E-state index is 14.0. The first-order chi connectivity index (χ1) is 9.69. The first-order valence-corrected chi connectivity index (χ1v) is 8.30. The minimum absolute atomic E-state index is 0.0511. The summed E-state index contributed by atoms with van der Waals surface area (Å²) in [4.78, 5) is 10.2. The van der Waals surface area contributed by atoms with E-state index in [9.17, 15) is 17.6 Å². The van der Waals surface area contributed by atoms with Gasteiger partial charge in [-0.05, 0) is 26.0 Å².